The van der Waals surface area contributed by atoms with Gasteiger partial charge in [-0.15, -0.1) is 11.3 Å². The Hall–Kier alpha value is -2.51. The Morgan fingerprint density at radius 1 is 1.27 bits per heavy atom. The third-order valence-electron chi connectivity index (χ3n) is 4.24. The Kier molecular flexibility index (Phi) is 5.80. The lowest BCUT2D eigenvalue weighted by Crippen LogP contribution is -2.36. The Balaban J connectivity index is 1.59. The van der Waals surface area contributed by atoms with Gasteiger partial charge in [0.15, 0.2) is 0 Å². The smallest absolute Gasteiger partial charge is 0.348 e. The second kappa shape index (κ2) is 8.25. The molecule has 1 unspecified atom stereocenters. The van der Waals surface area contributed by atoms with Gasteiger partial charge in [0.05, 0.1) is 26.4 Å². The molecule has 1 aliphatic heterocycles. The first kappa shape index (κ1) is 18.3. The minimum absolute atomic E-state index is 0.0374. The summed E-state index contributed by atoms with van der Waals surface area (Å²) in [5.41, 5.74) is 1.35. The van der Waals surface area contributed by atoms with Gasteiger partial charge in [-0.2, -0.15) is 0 Å². The van der Waals surface area contributed by atoms with Crippen molar-refractivity contribution in [3.8, 4) is 0 Å². The zero-order valence-corrected chi connectivity index (χ0v) is 15.2. The highest BCUT2D eigenvalue weighted by Crippen LogP contribution is 2.27. The molecule has 3 rings (SSSR count). The molecule has 2 aromatic rings. The van der Waals surface area contributed by atoms with E-state index in [0.29, 0.717) is 30.1 Å². The van der Waals surface area contributed by atoms with Crippen LogP contribution in [0.3, 0.4) is 0 Å². The number of rotatable bonds is 7. The summed E-state index contributed by atoms with van der Waals surface area (Å²) in [6.07, 6.45) is 1.99. The van der Waals surface area contributed by atoms with Crippen molar-refractivity contribution in [1.82, 2.24) is 0 Å². The molecule has 0 spiro atoms. The Morgan fingerprint density at radius 2 is 2.04 bits per heavy atom. The fraction of sp³-hybridized carbons (Fsp3) is 0.316. The number of benzene rings is 1. The number of esters is 1. The van der Waals surface area contributed by atoms with E-state index in [9.17, 15) is 14.4 Å². The molecule has 26 heavy (non-hydrogen) atoms. The van der Waals surface area contributed by atoms with Crippen LogP contribution in [0.4, 0.5) is 5.69 Å². The van der Waals surface area contributed by atoms with Gasteiger partial charge in [-0.3, -0.25) is 9.59 Å². The van der Waals surface area contributed by atoms with Crippen LogP contribution < -0.4 is 4.90 Å². The summed E-state index contributed by atoms with van der Waals surface area (Å²) in [6, 6.07) is 10.5. The number of hydrogen-bond donors (Lipinski definition) is 0. The van der Waals surface area contributed by atoms with Crippen LogP contribution in [0.25, 0.3) is 0 Å². The number of aldehydes is 1. The van der Waals surface area contributed by atoms with Gasteiger partial charge in [0.1, 0.15) is 11.2 Å². The van der Waals surface area contributed by atoms with Crippen LogP contribution >= 0.6 is 11.3 Å². The third-order valence-corrected chi connectivity index (χ3v) is 5.27. The molecule has 0 aliphatic carbocycles. The van der Waals surface area contributed by atoms with Crippen molar-refractivity contribution in [1.29, 1.82) is 0 Å². The number of ether oxygens (including phenoxy) is 2. The minimum atomic E-state index is -0.354. The van der Waals surface area contributed by atoms with Crippen molar-refractivity contribution in [3.05, 3.63) is 51.7 Å². The highest BCUT2D eigenvalue weighted by molar-refractivity contribution is 7.13. The van der Waals surface area contributed by atoms with E-state index in [0.717, 1.165) is 23.3 Å². The highest BCUT2D eigenvalue weighted by Gasteiger charge is 2.32. The van der Waals surface area contributed by atoms with Gasteiger partial charge < -0.3 is 14.4 Å². The molecule has 6 nitrogen and oxygen atoms in total. The molecule has 1 aliphatic rings. The maximum atomic E-state index is 12.2. The fourth-order valence-corrected chi connectivity index (χ4v) is 3.79. The van der Waals surface area contributed by atoms with E-state index >= 15 is 0 Å². The number of nitrogens with zero attached hydrogens (tertiary/aromatic N) is 1. The molecule has 1 aromatic heterocycles. The molecule has 1 aromatic carbocycles. The van der Waals surface area contributed by atoms with E-state index < -0.39 is 0 Å². The van der Waals surface area contributed by atoms with Crippen LogP contribution in [0, 0.1) is 0 Å². The lowest BCUT2D eigenvalue weighted by Gasteiger charge is -2.24. The summed E-state index contributed by atoms with van der Waals surface area (Å²) in [6.45, 7) is 0.789. The van der Waals surface area contributed by atoms with Crippen LogP contribution in [0.15, 0.2) is 36.4 Å². The molecular formula is C19H19NO5S. The van der Waals surface area contributed by atoms with Gasteiger partial charge in [0.25, 0.3) is 0 Å². The first-order chi connectivity index (χ1) is 12.6. The van der Waals surface area contributed by atoms with Crippen molar-refractivity contribution in [3.63, 3.8) is 0 Å². The highest BCUT2D eigenvalue weighted by atomic mass is 32.1. The number of hydrogen-bond acceptors (Lipinski definition) is 6. The van der Waals surface area contributed by atoms with Gasteiger partial charge in [-0.05, 0) is 42.8 Å². The van der Waals surface area contributed by atoms with Crippen LogP contribution in [-0.4, -0.2) is 37.9 Å². The number of amides is 1. The standard InChI is InChI=1S/C19H19NO5S/c1-24-19(23)17-8-7-16(26-17)12-25-11-15-6-9-18(22)20(15)14-4-2-13(10-21)3-5-14/h2-5,7-8,10,15H,6,9,11-12H2,1H3. The maximum Gasteiger partial charge on any atom is 0.348 e. The Labute approximate surface area is 155 Å². The quantitative estimate of drug-likeness (QED) is 0.551. The number of carbonyl (C=O) groups excluding carboxylic acids is 3. The van der Waals surface area contributed by atoms with E-state index in [1.54, 1.807) is 35.2 Å². The predicted octanol–water partition coefficient (Wildman–Crippen LogP) is 3.06. The molecule has 1 fully saturated rings. The van der Waals surface area contributed by atoms with E-state index in [2.05, 4.69) is 0 Å². The average Bonchev–Trinajstić information content (AvgIpc) is 3.28. The lowest BCUT2D eigenvalue weighted by atomic mass is 10.2. The van der Waals surface area contributed by atoms with E-state index in [-0.39, 0.29) is 17.9 Å². The van der Waals surface area contributed by atoms with Crippen LogP contribution in [-0.2, 0) is 20.9 Å². The Morgan fingerprint density at radius 3 is 2.73 bits per heavy atom. The summed E-state index contributed by atoms with van der Waals surface area (Å²) in [4.78, 5) is 37.7. The van der Waals surface area contributed by atoms with Gasteiger partial charge in [-0.1, -0.05) is 0 Å². The van der Waals surface area contributed by atoms with Crippen molar-refractivity contribution >= 4 is 35.2 Å². The van der Waals surface area contributed by atoms with Crippen molar-refractivity contribution in [2.24, 2.45) is 0 Å². The van der Waals surface area contributed by atoms with Gasteiger partial charge in [0.2, 0.25) is 5.91 Å². The number of anilines is 1. The molecule has 7 heteroatoms. The molecule has 136 valence electrons. The predicted molar refractivity (Wildman–Crippen MR) is 97.7 cm³/mol. The monoisotopic (exact) mass is 373 g/mol. The van der Waals surface area contributed by atoms with Crippen LogP contribution in [0.1, 0.15) is 37.7 Å². The molecule has 1 atom stereocenters. The second-order valence-corrected chi connectivity index (χ2v) is 7.11. The number of thiophene rings is 1. The average molecular weight is 373 g/mol. The topological polar surface area (TPSA) is 72.9 Å². The molecule has 0 saturated carbocycles. The van der Waals surface area contributed by atoms with Gasteiger partial charge >= 0.3 is 5.97 Å². The molecule has 0 bridgehead atoms. The Bertz CT molecular complexity index is 799. The minimum Gasteiger partial charge on any atom is -0.465 e. The number of methoxy groups -OCH3 is 1. The summed E-state index contributed by atoms with van der Waals surface area (Å²) < 4.78 is 10.5. The molecule has 0 radical (unpaired) electrons. The lowest BCUT2D eigenvalue weighted by molar-refractivity contribution is -0.117. The van der Waals surface area contributed by atoms with Gasteiger partial charge in [-0.25, -0.2) is 4.79 Å². The summed E-state index contributed by atoms with van der Waals surface area (Å²) in [7, 11) is 1.35. The zero-order chi connectivity index (χ0) is 18.5. The molecule has 2 heterocycles. The van der Waals surface area contributed by atoms with E-state index in [4.69, 9.17) is 9.47 Å². The molecule has 0 N–H and O–H groups in total. The molecule has 1 amide bonds. The summed E-state index contributed by atoms with van der Waals surface area (Å²) >= 11 is 1.34. The van der Waals surface area contributed by atoms with E-state index in [1.165, 1.54) is 18.4 Å². The molecular weight excluding hydrogens is 354 g/mol. The van der Waals surface area contributed by atoms with Gasteiger partial charge in [0, 0.05) is 22.5 Å². The fourth-order valence-electron chi connectivity index (χ4n) is 2.93. The SMILES string of the molecule is COC(=O)c1ccc(COCC2CCC(=O)N2c2ccc(C=O)cc2)s1. The number of carbonyl (C=O) groups is 3. The second-order valence-electron chi connectivity index (χ2n) is 5.94. The summed E-state index contributed by atoms with van der Waals surface area (Å²) in [5.74, 6) is -0.297. The zero-order valence-electron chi connectivity index (χ0n) is 14.3. The van der Waals surface area contributed by atoms with Crippen LogP contribution in [0.2, 0.25) is 0 Å². The van der Waals surface area contributed by atoms with Crippen molar-refractivity contribution in [2.75, 3.05) is 18.6 Å². The first-order valence-corrected chi connectivity index (χ1v) is 9.06. The molecule has 1 saturated heterocycles. The maximum absolute atomic E-state index is 12.2. The third kappa shape index (κ3) is 4.00. The largest absolute Gasteiger partial charge is 0.465 e. The van der Waals surface area contributed by atoms with Crippen molar-refractivity contribution < 1.29 is 23.9 Å². The van der Waals surface area contributed by atoms with Crippen molar-refractivity contribution in [2.45, 2.75) is 25.5 Å². The van der Waals surface area contributed by atoms with Crippen LogP contribution in [0.5, 0.6) is 0 Å². The first-order valence-electron chi connectivity index (χ1n) is 8.24. The normalized spacial score (nSPS) is 16.7. The summed E-state index contributed by atoms with van der Waals surface area (Å²) in [5, 5.41) is 0. The van der Waals surface area contributed by atoms with E-state index in [1.807, 2.05) is 6.07 Å².